The van der Waals surface area contributed by atoms with Crippen LogP contribution in [0.1, 0.15) is 194 Å². The zero-order valence-corrected chi connectivity index (χ0v) is 35.9. The summed E-state index contributed by atoms with van der Waals surface area (Å²) in [7, 11) is -4.61. The van der Waals surface area contributed by atoms with Gasteiger partial charge in [0.2, 0.25) is 0 Å². The SMILES string of the molecule is CCCCCCC/C=C\C/C=C\C/C=C\CCCCCCCCCOCC(COP(=O)(O)OCC(N)C(=O)O)OC(=O)CCCCCCCCCCCCC. The number of carboxylic acid groups (broad SMARTS) is 1. The van der Waals surface area contributed by atoms with Gasteiger partial charge in [-0.3, -0.25) is 18.6 Å². The predicted molar refractivity (Wildman–Crippen MR) is 226 cm³/mol. The molecule has 0 aromatic heterocycles. The summed E-state index contributed by atoms with van der Waals surface area (Å²) < 4.78 is 33.3. The molecule has 3 unspecified atom stereocenters. The number of hydrogen-bond acceptors (Lipinski definition) is 8. The molecular weight excluding hydrogens is 717 g/mol. The molecule has 10 nitrogen and oxygen atoms in total. The van der Waals surface area contributed by atoms with E-state index in [4.69, 9.17) is 29.4 Å². The van der Waals surface area contributed by atoms with Crippen LogP contribution >= 0.6 is 7.82 Å². The fourth-order valence-electron chi connectivity index (χ4n) is 5.96. The average molecular weight is 800 g/mol. The van der Waals surface area contributed by atoms with E-state index in [1.165, 1.54) is 116 Å². The lowest BCUT2D eigenvalue weighted by Gasteiger charge is -2.20. The molecule has 0 fully saturated rings. The summed E-state index contributed by atoms with van der Waals surface area (Å²) in [6.07, 6.45) is 44.8. The van der Waals surface area contributed by atoms with Gasteiger partial charge in [-0.1, -0.05) is 172 Å². The Bertz CT molecular complexity index is 1020. The highest BCUT2D eigenvalue weighted by molar-refractivity contribution is 7.47. The maximum Gasteiger partial charge on any atom is 0.472 e. The van der Waals surface area contributed by atoms with Crippen LogP contribution < -0.4 is 5.73 Å². The van der Waals surface area contributed by atoms with Gasteiger partial charge in [-0.05, 0) is 51.4 Å². The van der Waals surface area contributed by atoms with Gasteiger partial charge in [-0.2, -0.15) is 0 Å². The first-order valence-electron chi connectivity index (χ1n) is 22.0. The Morgan fingerprint density at radius 2 is 1.00 bits per heavy atom. The van der Waals surface area contributed by atoms with E-state index in [2.05, 4.69) is 50.3 Å². The number of carboxylic acids is 1. The summed E-state index contributed by atoms with van der Waals surface area (Å²) in [5.74, 6) is -1.78. The van der Waals surface area contributed by atoms with E-state index in [-0.39, 0.29) is 13.0 Å². The standard InChI is InChI=1S/C44H82NO9P/c1-3-5-7-9-11-13-15-16-17-18-19-20-21-22-23-24-25-27-29-31-33-35-37-51-38-41(39-52-55(49,50)53-40-42(45)44(47)48)54-43(46)36-34-32-30-28-26-14-12-10-8-6-4-2/h15-16,18-19,21-22,41-42H,3-14,17,20,23-40,45H2,1-2H3,(H,47,48)(H,49,50)/b16-15-,19-18-,22-21-. The Hall–Kier alpha value is -1.81. The van der Waals surface area contributed by atoms with Gasteiger partial charge in [-0.25, -0.2) is 4.57 Å². The predicted octanol–water partition coefficient (Wildman–Crippen LogP) is 12.1. The largest absolute Gasteiger partial charge is 0.480 e. The molecule has 0 aromatic carbocycles. The molecule has 55 heavy (non-hydrogen) atoms. The maximum atomic E-state index is 12.6. The molecule has 4 N–H and O–H groups in total. The molecule has 0 saturated carbocycles. The first-order chi connectivity index (χ1) is 26.7. The number of nitrogens with two attached hydrogens (primary N) is 1. The average Bonchev–Trinajstić information content (AvgIpc) is 3.16. The van der Waals surface area contributed by atoms with Gasteiger partial charge >= 0.3 is 19.8 Å². The molecule has 0 aromatic rings. The van der Waals surface area contributed by atoms with Crippen molar-refractivity contribution in [3.8, 4) is 0 Å². The second kappa shape index (κ2) is 40.4. The maximum absolute atomic E-state index is 12.6. The highest BCUT2D eigenvalue weighted by Gasteiger charge is 2.27. The smallest absolute Gasteiger partial charge is 0.472 e. The van der Waals surface area contributed by atoms with Crippen LogP contribution in [0.4, 0.5) is 0 Å². The molecule has 0 aliphatic heterocycles. The summed E-state index contributed by atoms with van der Waals surface area (Å²) in [6.45, 7) is 3.84. The van der Waals surface area contributed by atoms with Crippen LogP contribution in [0.15, 0.2) is 36.5 Å². The van der Waals surface area contributed by atoms with E-state index in [0.29, 0.717) is 13.0 Å². The normalized spacial score (nSPS) is 14.3. The number of aliphatic carboxylic acids is 1. The van der Waals surface area contributed by atoms with Crippen molar-refractivity contribution in [2.45, 2.75) is 206 Å². The lowest BCUT2D eigenvalue weighted by Crippen LogP contribution is -2.34. The second-order valence-electron chi connectivity index (χ2n) is 14.8. The van der Waals surface area contributed by atoms with E-state index in [0.717, 1.165) is 51.4 Å². The van der Waals surface area contributed by atoms with Gasteiger partial charge < -0.3 is 25.2 Å². The molecule has 3 atom stereocenters. The Morgan fingerprint density at radius 3 is 1.49 bits per heavy atom. The third-order valence-electron chi connectivity index (χ3n) is 9.42. The zero-order chi connectivity index (χ0) is 40.5. The van der Waals surface area contributed by atoms with Gasteiger partial charge in [-0.15, -0.1) is 0 Å². The summed E-state index contributed by atoms with van der Waals surface area (Å²) in [5.41, 5.74) is 5.35. The highest BCUT2D eigenvalue weighted by Crippen LogP contribution is 2.43. The third kappa shape index (κ3) is 40.2. The van der Waals surface area contributed by atoms with Gasteiger partial charge in [0.15, 0.2) is 0 Å². The van der Waals surface area contributed by atoms with Crippen LogP contribution in [-0.2, 0) is 32.7 Å². The summed E-state index contributed by atoms with van der Waals surface area (Å²) in [5, 5.41) is 8.88. The number of carbonyl (C=O) groups is 2. The lowest BCUT2D eigenvalue weighted by molar-refractivity contribution is -0.154. The fraction of sp³-hybridized carbons (Fsp3) is 0.818. The van der Waals surface area contributed by atoms with Crippen LogP contribution in [-0.4, -0.2) is 60.5 Å². The number of ether oxygens (including phenoxy) is 2. The van der Waals surface area contributed by atoms with E-state index >= 15 is 0 Å². The van der Waals surface area contributed by atoms with Crippen LogP contribution in [0, 0.1) is 0 Å². The van der Waals surface area contributed by atoms with Crippen LogP contribution in [0.5, 0.6) is 0 Å². The molecule has 0 spiro atoms. The second-order valence-corrected chi connectivity index (χ2v) is 16.3. The highest BCUT2D eigenvalue weighted by atomic mass is 31.2. The van der Waals surface area contributed by atoms with Crippen LogP contribution in [0.2, 0.25) is 0 Å². The lowest BCUT2D eigenvalue weighted by atomic mass is 10.1. The number of phosphoric acid groups is 1. The monoisotopic (exact) mass is 800 g/mol. The number of phosphoric ester groups is 1. The number of allylic oxidation sites excluding steroid dienone is 6. The molecule has 0 saturated heterocycles. The zero-order valence-electron chi connectivity index (χ0n) is 35.0. The topological polar surface area (TPSA) is 155 Å². The van der Waals surface area contributed by atoms with E-state index in [1.54, 1.807) is 0 Å². The molecule has 11 heteroatoms. The van der Waals surface area contributed by atoms with Crippen molar-refractivity contribution in [2.75, 3.05) is 26.4 Å². The molecule has 0 heterocycles. The molecule has 0 radical (unpaired) electrons. The molecule has 0 rings (SSSR count). The Balaban J connectivity index is 4.18. The molecule has 0 amide bonds. The molecular formula is C44H82NO9P. The van der Waals surface area contributed by atoms with Crippen LogP contribution in [0.25, 0.3) is 0 Å². The van der Waals surface area contributed by atoms with Crippen molar-refractivity contribution in [1.82, 2.24) is 0 Å². The number of hydrogen-bond donors (Lipinski definition) is 3. The first-order valence-corrected chi connectivity index (χ1v) is 23.5. The minimum absolute atomic E-state index is 0.0122. The van der Waals surface area contributed by atoms with Crippen molar-refractivity contribution in [3.05, 3.63) is 36.5 Å². The van der Waals surface area contributed by atoms with E-state index in [9.17, 15) is 19.0 Å². The molecule has 0 aliphatic rings. The Morgan fingerprint density at radius 1 is 0.582 bits per heavy atom. The number of esters is 1. The first kappa shape index (κ1) is 53.2. The van der Waals surface area contributed by atoms with Crippen LogP contribution in [0.3, 0.4) is 0 Å². The summed E-state index contributed by atoms with van der Waals surface area (Å²) in [4.78, 5) is 33.5. The van der Waals surface area contributed by atoms with Crippen molar-refractivity contribution in [2.24, 2.45) is 5.73 Å². The van der Waals surface area contributed by atoms with Gasteiger partial charge in [0, 0.05) is 13.0 Å². The minimum atomic E-state index is -4.61. The van der Waals surface area contributed by atoms with Gasteiger partial charge in [0.05, 0.1) is 19.8 Å². The quantitative estimate of drug-likeness (QED) is 0.0235. The molecule has 0 aliphatic carbocycles. The third-order valence-corrected chi connectivity index (χ3v) is 10.4. The molecule has 322 valence electrons. The fourth-order valence-corrected chi connectivity index (χ4v) is 6.74. The minimum Gasteiger partial charge on any atom is -0.480 e. The van der Waals surface area contributed by atoms with Gasteiger partial charge in [0.25, 0.3) is 0 Å². The van der Waals surface area contributed by atoms with Crippen molar-refractivity contribution < 1.29 is 42.7 Å². The number of unbranched alkanes of at least 4 members (excludes halogenated alkanes) is 22. The Labute approximate surface area is 336 Å². The Kier molecular flexibility index (Phi) is 39.1. The number of carbonyl (C=O) groups excluding carboxylic acids is 1. The molecule has 0 bridgehead atoms. The van der Waals surface area contributed by atoms with Gasteiger partial charge in [0.1, 0.15) is 12.1 Å². The van der Waals surface area contributed by atoms with Crippen molar-refractivity contribution in [1.29, 1.82) is 0 Å². The van der Waals surface area contributed by atoms with E-state index < -0.39 is 45.1 Å². The summed E-state index contributed by atoms with van der Waals surface area (Å²) >= 11 is 0. The van der Waals surface area contributed by atoms with E-state index in [1.807, 2.05) is 0 Å². The van der Waals surface area contributed by atoms with Crippen molar-refractivity contribution in [3.63, 3.8) is 0 Å². The summed E-state index contributed by atoms with van der Waals surface area (Å²) in [6, 6.07) is -1.47. The van der Waals surface area contributed by atoms with Crippen molar-refractivity contribution >= 4 is 19.8 Å². The number of rotatable bonds is 42.